The molecule has 4 heteroatoms. The minimum Gasteiger partial charge on any atom is -0.395 e. The Bertz CT molecular complexity index is 348. The molecule has 0 atom stereocenters. The Morgan fingerprint density at radius 2 is 2.14 bits per heavy atom. The zero-order valence-corrected chi connectivity index (χ0v) is 7.51. The number of carbonyl (C=O) groups is 1. The number of benzene rings is 1. The lowest BCUT2D eigenvalue weighted by Crippen LogP contribution is -2.34. The quantitative estimate of drug-likeness (QED) is 0.755. The standard InChI is InChI=1S/C10H10N2O2/c13-10(12-6-7-14-11-12)8-9-4-2-1-3-5-9/h1-7,11H,8H2. The first-order valence-corrected chi connectivity index (χ1v) is 4.30. The number of rotatable bonds is 2. The number of amides is 1. The normalized spacial score (nSPS) is 14.1. The molecule has 0 aliphatic carbocycles. The van der Waals surface area contributed by atoms with Gasteiger partial charge in [0.05, 0.1) is 12.6 Å². The fraction of sp³-hybridized carbons (Fsp3) is 0.100. The van der Waals surface area contributed by atoms with Crippen molar-refractivity contribution in [2.75, 3.05) is 0 Å². The Balaban J connectivity index is 1.98. The van der Waals surface area contributed by atoms with E-state index in [4.69, 9.17) is 4.84 Å². The van der Waals surface area contributed by atoms with Crippen molar-refractivity contribution in [3.63, 3.8) is 0 Å². The SMILES string of the molecule is O=C(Cc1ccccc1)N1C=CON1. The van der Waals surface area contributed by atoms with E-state index in [0.29, 0.717) is 6.42 Å². The summed E-state index contributed by atoms with van der Waals surface area (Å²) in [7, 11) is 0. The maximum absolute atomic E-state index is 11.5. The van der Waals surface area contributed by atoms with Gasteiger partial charge in [-0.15, -0.1) is 0 Å². The number of nitrogens with one attached hydrogen (secondary N) is 1. The first kappa shape index (κ1) is 8.77. The van der Waals surface area contributed by atoms with Gasteiger partial charge in [-0.05, 0) is 5.56 Å². The average molecular weight is 190 g/mol. The van der Waals surface area contributed by atoms with Crippen LogP contribution in [0.1, 0.15) is 5.56 Å². The van der Waals surface area contributed by atoms with Crippen LogP contribution in [-0.4, -0.2) is 10.9 Å². The van der Waals surface area contributed by atoms with Gasteiger partial charge < -0.3 is 4.84 Å². The van der Waals surface area contributed by atoms with Gasteiger partial charge in [0.15, 0.2) is 0 Å². The molecule has 2 rings (SSSR count). The van der Waals surface area contributed by atoms with Gasteiger partial charge >= 0.3 is 0 Å². The van der Waals surface area contributed by atoms with Crippen LogP contribution in [0.5, 0.6) is 0 Å². The molecule has 72 valence electrons. The van der Waals surface area contributed by atoms with Crippen molar-refractivity contribution in [2.45, 2.75) is 6.42 Å². The van der Waals surface area contributed by atoms with Crippen LogP contribution in [0, 0.1) is 0 Å². The zero-order chi connectivity index (χ0) is 9.80. The first-order valence-electron chi connectivity index (χ1n) is 4.30. The summed E-state index contributed by atoms with van der Waals surface area (Å²) in [5.41, 5.74) is 3.44. The number of carbonyl (C=O) groups excluding carboxylic acids is 1. The van der Waals surface area contributed by atoms with E-state index in [1.165, 1.54) is 11.3 Å². The molecule has 0 saturated heterocycles. The Kier molecular flexibility index (Phi) is 2.46. The van der Waals surface area contributed by atoms with Crippen LogP contribution in [0.15, 0.2) is 42.8 Å². The van der Waals surface area contributed by atoms with Crippen LogP contribution in [0.2, 0.25) is 0 Å². The summed E-state index contributed by atoms with van der Waals surface area (Å²) < 4.78 is 0. The van der Waals surface area contributed by atoms with Gasteiger partial charge in [0.25, 0.3) is 0 Å². The average Bonchev–Trinajstić information content (AvgIpc) is 2.72. The molecule has 0 fully saturated rings. The molecule has 0 aromatic heterocycles. The second kappa shape index (κ2) is 3.93. The predicted octanol–water partition coefficient (Wildman–Crippen LogP) is 0.979. The highest BCUT2D eigenvalue weighted by molar-refractivity contribution is 5.79. The molecule has 1 aliphatic heterocycles. The van der Waals surface area contributed by atoms with Crippen LogP contribution in [-0.2, 0) is 16.1 Å². The van der Waals surface area contributed by atoms with Gasteiger partial charge in [0.2, 0.25) is 5.91 Å². The molecule has 0 bridgehead atoms. The van der Waals surface area contributed by atoms with Crippen molar-refractivity contribution < 1.29 is 9.63 Å². The second-order valence-electron chi connectivity index (χ2n) is 2.92. The Morgan fingerprint density at radius 1 is 1.36 bits per heavy atom. The molecular weight excluding hydrogens is 180 g/mol. The summed E-state index contributed by atoms with van der Waals surface area (Å²) in [5, 5.41) is 1.31. The highest BCUT2D eigenvalue weighted by Gasteiger charge is 2.14. The van der Waals surface area contributed by atoms with Crippen molar-refractivity contribution in [3.8, 4) is 0 Å². The van der Waals surface area contributed by atoms with E-state index in [0.717, 1.165) is 5.56 Å². The molecule has 1 heterocycles. The summed E-state index contributed by atoms with van der Waals surface area (Å²) in [6, 6.07) is 9.57. The van der Waals surface area contributed by atoms with Gasteiger partial charge in [-0.3, -0.25) is 4.79 Å². The minimum atomic E-state index is -0.0510. The maximum Gasteiger partial charge on any atom is 0.247 e. The minimum absolute atomic E-state index is 0.0510. The molecule has 0 saturated carbocycles. The Morgan fingerprint density at radius 3 is 2.79 bits per heavy atom. The van der Waals surface area contributed by atoms with Gasteiger partial charge in [-0.2, -0.15) is 0 Å². The lowest BCUT2D eigenvalue weighted by atomic mass is 10.1. The molecule has 1 aromatic carbocycles. The van der Waals surface area contributed by atoms with Gasteiger partial charge in [0, 0.05) is 0 Å². The molecule has 4 nitrogen and oxygen atoms in total. The number of nitrogens with zero attached hydrogens (tertiary/aromatic N) is 1. The fourth-order valence-corrected chi connectivity index (χ4v) is 1.20. The van der Waals surface area contributed by atoms with E-state index in [9.17, 15) is 4.79 Å². The number of hydrazine groups is 1. The van der Waals surface area contributed by atoms with E-state index in [-0.39, 0.29) is 5.91 Å². The van der Waals surface area contributed by atoms with Crippen LogP contribution in [0.3, 0.4) is 0 Å². The predicted molar refractivity (Wildman–Crippen MR) is 50.4 cm³/mol. The van der Waals surface area contributed by atoms with E-state index in [2.05, 4.69) is 5.59 Å². The molecule has 14 heavy (non-hydrogen) atoms. The third-order valence-electron chi connectivity index (χ3n) is 1.90. The summed E-state index contributed by atoms with van der Waals surface area (Å²) in [4.78, 5) is 16.2. The first-order chi connectivity index (χ1) is 6.86. The molecule has 1 aliphatic rings. The topological polar surface area (TPSA) is 41.6 Å². The fourth-order valence-electron chi connectivity index (χ4n) is 1.20. The molecule has 1 N–H and O–H groups in total. The monoisotopic (exact) mass is 190 g/mol. The van der Waals surface area contributed by atoms with Gasteiger partial charge in [-0.1, -0.05) is 35.9 Å². The zero-order valence-electron chi connectivity index (χ0n) is 7.51. The summed E-state index contributed by atoms with van der Waals surface area (Å²) in [5.74, 6) is -0.0510. The second-order valence-corrected chi connectivity index (χ2v) is 2.92. The van der Waals surface area contributed by atoms with Crippen molar-refractivity contribution >= 4 is 5.91 Å². The highest BCUT2D eigenvalue weighted by Crippen LogP contribution is 2.03. The summed E-state index contributed by atoms with van der Waals surface area (Å²) >= 11 is 0. The number of hydrogen-bond donors (Lipinski definition) is 1. The maximum atomic E-state index is 11.5. The Hall–Kier alpha value is -1.81. The third kappa shape index (κ3) is 1.92. The van der Waals surface area contributed by atoms with Crippen LogP contribution < -0.4 is 5.59 Å². The van der Waals surface area contributed by atoms with Gasteiger partial charge in [0.1, 0.15) is 6.26 Å². The third-order valence-corrected chi connectivity index (χ3v) is 1.90. The molecule has 0 spiro atoms. The van der Waals surface area contributed by atoms with Crippen molar-refractivity contribution in [1.29, 1.82) is 0 Å². The lowest BCUT2D eigenvalue weighted by Gasteiger charge is -2.11. The largest absolute Gasteiger partial charge is 0.395 e. The van der Waals surface area contributed by atoms with Crippen molar-refractivity contribution in [2.24, 2.45) is 0 Å². The molecule has 1 aromatic rings. The summed E-state index contributed by atoms with van der Waals surface area (Å²) in [6.45, 7) is 0. The van der Waals surface area contributed by atoms with E-state index < -0.39 is 0 Å². The van der Waals surface area contributed by atoms with E-state index in [1.807, 2.05) is 30.3 Å². The van der Waals surface area contributed by atoms with E-state index >= 15 is 0 Å². The molecule has 0 radical (unpaired) electrons. The molecule has 1 amide bonds. The number of hydrogen-bond acceptors (Lipinski definition) is 3. The van der Waals surface area contributed by atoms with Crippen molar-refractivity contribution in [1.82, 2.24) is 10.6 Å². The van der Waals surface area contributed by atoms with E-state index in [1.54, 1.807) is 6.20 Å². The van der Waals surface area contributed by atoms with Crippen molar-refractivity contribution in [3.05, 3.63) is 48.4 Å². The Labute approximate surface area is 81.7 Å². The van der Waals surface area contributed by atoms with Gasteiger partial charge in [-0.25, -0.2) is 5.01 Å². The van der Waals surface area contributed by atoms with Crippen LogP contribution in [0.4, 0.5) is 0 Å². The van der Waals surface area contributed by atoms with Crippen LogP contribution >= 0.6 is 0 Å². The highest BCUT2D eigenvalue weighted by atomic mass is 16.7. The lowest BCUT2D eigenvalue weighted by molar-refractivity contribution is -0.135. The smallest absolute Gasteiger partial charge is 0.247 e. The summed E-state index contributed by atoms with van der Waals surface area (Å²) in [6.07, 6.45) is 3.33. The molecular formula is C10H10N2O2. The van der Waals surface area contributed by atoms with Crippen LogP contribution in [0.25, 0.3) is 0 Å². The molecule has 0 unspecified atom stereocenters.